The van der Waals surface area contributed by atoms with E-state index < -0.39 is 0 Å². The second-order valence-corrected chi connectivity index (χ2v) is 6.88. The normalized spacial score (nSPS) is 15.2. The van der Waals surface area contributed by atoms with Crippen molar-refractivity contribution in [1.82, 2.24) is 15.0 Å². The number of allylic oxidation sites excluding steroid dienone is 1. The van der Waals surface area contributed by atoms with E-state index in [1.807, 2.05) is 54.7 Å². The van der Waals surface area contributed by atoms with Gasteiger partial charge in [0.25, 0.3) is 0 Å². The number of Topliss-reactive ketones (excluding diaryl/α,β-unsaturated/α-hetero) is 1. The lowest BCUT2D eigenvalue weighted by Gasteiger charge is -2.19. The molecule has 0 unspecified atom stereocenters. The number of para-hydroxylation sites is 1. The summed E-state index contributed by atoms with van der Waals surface area (Å²) in [5.74, 6) is 0.801. The first-order valence-electron chi connectivity index (χ1n) is 8.26. The SMILES string of the molecule is COc1cccc2c1CC/C(=C\c1cn(-c3ccccc3Br)nn1)C2=O. The number of carbonyl (C=O) groups is 1. The summed E-state index contributed by atoms with van der Waals surface area (Å²) >= 11 is 3.51. The van der Waals surface area contributed by atoms with E-state index in [0.717, 1.165) is 33.5 Å². The third-order valence-electron chi connectivity index (χ3n) is 4.47. The highest BCUT2D eigenvalue weighted by Crippen LogP contribution is 2.32. The molecule has 0 saturated heterocycles. The first kappa shape index (κ1) is 16.7. The van der Waals surface area contributed by atoms with Crippen LogP contribution in [-0.2, 0) is 6.42 Å². The van der Waals surface area contributed by atoms with Gasteiger partial charge in [0, 0.05) is 21.2 Å². The number of ether oxygens (including phenoxy) is 1. The molecule has 6 heteroatoms. The number of hydrogen-bond acceptors (Lipinski definition) is 4. The summed E-state index contributed by atoms with van der Waals surface area (Å²) in [6, 6.07) is 13.4. The summed E-state index contributed by atoms with van der Waals surface area (Å²) in [5.41, 5.74) is 3.99. The van der Waals surface area contributed by atoms with Crippen LogP contribution in [0.15, 0.2) is 58.7 Å². The summed E-state index contributed by atoms with van der Waals surface area (Å²) in [7, 11) is 1.63. The van der Waals surface area contributed by atoms with Gasteiger partial charge in [0.05, 0.1) is 19.0 Å². The highest BCUT2D eigenvalue weighted by Gasteiger charge is 2.24. The number of ketones is 1. The zero-order chi connectivity index (χ0) is 18.1. The quantitative estimate of drug-likeness (QED) is 0.606. The Bertz CT molecular complexity index is 1020. The van der Waals surface area contributed by atoms with E-state index in [4.69, 9.17) is 4.74 Å². The van der Waals surface area contributed by atoms with Crippen molar-refractivity contribution in [1.29, 1.82) is 0 Å². The predicted molar refractivity (Wildman–Crippen MR) is 103 cm³/mol. The fraction of sp³-hybridized carbons (Fsp3) is 0.150. The molecule has 1 aliphatic carbocycles. The Labute approximate surface area is 159 Å². The van der Waals surface area contributed by atoms with Gasteiger partial charge in [-0.25, -0.2) is 4.68 Å². The first-order valence-corrected chi connectivity index (χ1v) is 9.05. The molecule has 0 bridgehead atoms. The second kappa shape index (κ2) is 6.88. The average Bonchev–Trinajstić information content (AvgIpc) is 3.12. The van der Waals surface area contributed by atoms with Gasteiger partial charge in [-0.2, -0.15) is 0 Å². The Morgan fingerprint density at radius 1 is 1.15 bits per heavy atom. The zero-order valence-corrected chi connectivity index (χ0v) is 15.7. The van der Waals surface area contributed by atoms with Gasteiger partial charge >= 0.3 is 0 Å². The number of hydrogen-bond donors (Lipinski definition) is 0. The van der Waals surface area contributed by atoms with E-state index in [1.165, 1.54) is 0 Å². The molecular formula is C20H16BrN3O2. The van der Waals surface area contributed by atoms with Crippen LogP contribution in [0.5, 0.6) is 5.75 Å². The summed E-state index contributed by atoms with van der Waals surface area (Å²) in [4.78, 5) is 12.8. The second-order valence-electron chi connectivity index (χ2n) is 6.02. The van der Waals surface area contributed by atoms with E-state index in [1.54, 1.807) is 11.8 Å². The van der Waals surface area contributed by atoms with Crippen LogP contribution in [0.25, 0.3) is 11.8 Å². The molecule has 130 valence electrons. The number of methoxy groups -OCH3 is 1. The van der Waals surface area contributed by atoms with Crippen LogP contribution in [-0.4, -0.2) is 27.9 Å². The average molecular weight is 410 g/mol. The molecule has 5 nitrogen and oxygen atoms in total. The van der Waals surface area contributed by atoms with Crippen molar-refractivity contribution in [3.05, 3.63) is 75.5 Å². The Morgan fingerprint density at radius 3 is 2.81 bits per heavy atom. The maximum atomic E-state index is 12.8. The number of benzene rings is 2. The van der Waals surface area contributed by atoms with E-state index >= 15 is 0 Å². The molecule has 1 heterocycles. The third kappa shape index (κ3) is 2.97. The van der Waals surface area contributed by atoms with Crippen molar-refractivity contribution in [3.63, 3.8) is 0 Å². The molecule has 4 rings (SSSR count). The van der Waals surface area contributed by atoms with Crippen molar-refractivity contribution in [2.24, 2.45) is 0 Å². The summed E-state index contributed by atoms with van der Waals surface area (Å²) in [6.07, 6.45) is 5.08. The fourth-order valence-electron chi connectivity index (χ4n) is 3.19. The zero-order valence-electron chi connectivity index (χ0n) is 14.1. The lowest BCUT2D eigenvalue weighted by atomic mass is 9.86. The van der Waals surface area contributed by atoms with Gasteiger partial charge in [0.1, 0.15) is 11.4 Å². The molecule has 1 aromatic heterocycles. The Morgan fingerprint density at radius 2 is 2.00 bits per heavy atom. The van der Waals surface area contributed by atoms with E-state index in [9.17, 15) is 4.79 Å². The maximum Gasteiger partial charge on any atom is 0.189 e. The van der Waals surface area contributed by atoms with Crippen molar-refractivity contribution in [2.45, 2.75) is 12.8 Å². The number of rotatable bonds is 3. The number of nitrogens with zero attached hydrogens (tertiary/aromatic N) is 3. The van der Waals surface area contributed by atoms with Crippen molar-refractivity contribution in [2.75, 3.05) is 7.11 Å². The van der Waals surface area contributed by atoms with Crippen molar-refractivity contribution < 1.29 is 9.53 Å². The van der Waals surface area contributed by atoms with Crippen LogP contribution in [0, 0.1) is 0 Å². The van der Waals surface area contributed by atoms with E-state index in [-0.39, 0.29) is 5.78 Å². The van der Waals surface area contributed by atoms with Gasteiger partial charge in [-0.1, -0.05) is 29.5 Å². The smallest absolute Gasteiger partial charge is 0.189 e. The van der Waals surface area contributed by atoms with Crippen LogP contribution < -0.4 is 4.74 Å². The predicted octanol–water partition coefficient (Wildman–Crippen LogP) is 4.25. The monoisotopic (exact) mass is 409 g/mol. The Kier molecular flexibility index (Phi) is 4.42. The molecule has 0 N–H and O–H groups in total. The highest BCUT2D eigenvalue weighted by molar-refractivity contribution is 9.10. The van der Waals surface area contributed by atoms with E-state index in [2.05, 4.69) is 26.2 Å². The summed E-state index contributed by atoms with van der Waals surface area (Å²) < 4.78 is 8.00. The van der Waals surface area contributed by atoms with Crippen LogP contribution in [0.1, 0.15) is 28.0 Å². The number of halogens is 1. The third-order valence-corrected chi connectivity index (χ3v) is 5.14. The largest absolute Gasteiger partial charge is 0.496 e. The van der Waals surface area contributed by atoms with Crippen LogP contribution in [0.4, 0.5) is 0 Å². The topological polar surface area (TPSA) is 57.0 Å². The van der Waals surface area contributed by atoms with Crippen LogP contribution in [0.3, 0.4) is 0 Å². The molecule has 0 fully saturated rings. The first-order chi connectivity index (χ1) is 12.7. The molecule has 0 aliphatic heterocycles. The van der Waals surface area contributed by atoms with E-state index in [0.29, 0.717) is 17.7 Å². The molecule has 2 aromatic carbocycles. The minimum atomic E-state index is 0.0283. The molecule has 0 radical (unpaired) electrons. The van der Waals surface area contributed by atoms with Gasteiger partial charge in [-0.05, 0) is 53.0 Å². The molecule has 3 aromatic rings. The lowest BCUT2D eigenvalue weighted by molar-refractivity contribution is 0.102. The molecule has 1 aliphatic rings. The lowest BCUT2D eigenvalue weighted by Crippen LogP contribution is -2.15. The van der Waals surface area contributed by atoms with Crippen molar-refractivity contribution in [3.8, 4) is 11.4 Å². The molecule has 0 saturated carbocycles. The highest BCUT2D eigenvalue weighted by atomic mass is 79.9. The van der Waals surface area contributed by atoms with Crippen molar-refractivity contribution >= 4 is 27.8 Å². The molecule has 0 spiro atoms. The molecular weight excluding hydrogens is 394 g/mol. The molecule has 0 atom stereocenters. The van der Waals surface area contributed by atoms with Gasteiger partial charge in [0.2, 0.25) is 0 Å². The fourth-order valence-corrected chi connectivity index (χ4v) is 3.65. The van der Waals surface area contributed by atoms with Crippen LogP contribution >= 0.6 is 15.9 Å². The maximum absolute atomic E-state index is 12.8. The molecule has 0 amide bonds. The van der Waals surface area contributed by atoms with Crippen LogP contribution in [0.2, 0.25) is 0 Å². The van der Waals surface area contributed by atoms with Gasteiger partial charge in [0.15, 0.2) is 5.78 Å². The number of aromatic nitrogens is 3. The number of carbonyl (C=O) groups excluding carboxylic acids is 1. The van der Waals surface area contributed by atoms with Gasteiger partial charge in [-0.15, -0.1) is 5.10 Å². The summed E-state index contributed by atoms with van der Waals surface area (Å²) in [6.45, 7) is 0. The minimum absolute atomic E-state index is 0.0283. The minimum Gasteiger partial charge on any atom is -0.496 e. The Balaban J connectivity index is 1.66. The van der Waals surface area contributed by atoms with Gasteiger partial charge < -0.3 is 4.74 Å². The summed E-state index contributed by atoms with van der Waals surface area (Å²) in [5, 5.41) is 8.36. The number of fused-ring (bicyclic) bond motifs is 1. The standard InChI is InChI=1S/C20H16BrN3O2/c1-26-19-8-4-5-16-15(19)10-9-13(20(16)25)11-14-12-24(23-22-14)18-7-3-2-6-17(18)21/h2-8,11-12H,9-10H2,1H3/b13-11+. The van der Waals surface area contributed by atoms with Gasteiger partial charge in [-0.3, -0.25) is 4.79 Å². The molecule has 26 heavy (non-hydrogen) atoms. The Hall–Kier alpha value is -2.73.